The number of carbonyl (C=O) groups is 2. The molecule has 2 aromatic carbocycles. The lowest BCUT2D eigenvalue weighted by Crippen LogP contribution is -2.22. The van der Waals surface area contributed by atoms with Crippen LogP contribution in [0.2, 0.25) is 0 Å². The largest absolute Gasteiger partial charge is 0.414 e. The Kier molecular flexibility index (Phi) is 6.38. The van der Waals surface area contributed by atoms with E-state index >= 15 is 0 Å². The number of carbonyl (C=O) groups excluding carboxylic acids is 2. The summed E-state index contributed by atoms with van der Waals surface area (Å²) < 4.78 is 18.3. The summed E-state index contributed by atoms with van der Waals surface area (Å²) >= 11 is 1.10. The zero-order valence-corrected chi connectivity index (χ0v) is 15.8. The van der Waals surface area contributed by atoms with Crippen molar-refractivity contribution in [2.45, 2.75) is 18.7 Å². The van der Waals surface area contributed by atoms with Crippen LogP contribution < -0.4 is 10.6 Å². The van der Waals surface area contributed by atoms with E-state index in [0.717, 1.165) is 23.0 Å². The van der Waals surface area contributed by atoms with Gasteiger partial charge < -0.3 is 15.1 Å². The molecule has 1 heterocycles. The van der Waals surface area contributed by atoms with Crippen LogP contribution in [-0.2, 0) is 11.3 Å². The molecule has 0 radical (unpaired) electrons. The fourth-order valence-electron chi connectivity index (χ4n) is 2.25. The number of hydrogen-bond donors (Lipinski definition) is 2. The third-order valence-electron chi connectivity index (χ3n) is 3.70. The zero-order chi connectivity index (χ0) is 19.9. The van der Waals surface area contributed by atoms with Crippen molar-refractivity contribution in [2.24, 2.45) is 0 Å². The topological polar surface area (TPSA) is 97.1 Å². The number of benzene rings is 2. The minimum absolute atomic E-state index is 0.0270. The molecule has 0 saturated heterocycles. The molecule has 0 saturated carbocycles. The number of para-hydroxylation sites is 1. The summed E-state index contributed by atoms with van der Waals surface area (Å²) in [6, 6.07) is 12.7. The second kappa shape index (κ2) is 9.14. The van der Waals surface area contributed by atoms with Crippen LogP contribution in [0.15, 0.2) is 58.2 Å². The molecule has 2 N–H and O–H groups in total. The van der Waals surface area contributed by atoms with Gasteiger partial charge in [0.15, 0.2) is 0 Å². The lowest BCUT2D eigenvalue weighted by molar-refractivity contribution is -0.113. The molecular weight excluding hydrogens is 383 g/mol. The Labute approximate surface area is 164 Å². The molecule has 3 aromatic rings. The molecular formula is C19H17FN4O3S. The first kappa shape index (κ1) is 19.6. The van der Waals surface area contributed by atoms with Gasteiger partial charge in [-0.1, -0.05) is 30.0 Å². The van der Waals surface area contributed by atoms with E-state index in [0.29, 0.717) is 5.56 Å². The second-order valence-electron chi connectivity index (χ2n) is 5.80. The van der Waals surface area contributed by atoms with Crippen molar-refractivity contribution in [3.05, 3.63) is 71.4 Å². The van der Waals surface area contributed by atoms with Crippen molar-refractivity contribution in [3.63, 3.8) is 0 Å². The molecule has 0 unspecified atom stereocenters. The van der Waals surface area contributed by atoms with E-state index in [9.17, 15) is 14.0 Å². The monoisotopic (exact) mass is 400 g/mol. The highest BCUT2D eigenvalue weighted by Gasteiger charge is 2.12. The molecule has 7 nitrogen and oxygen atoms in total. The van der Waals surface area contributed by atoms with Crippen molar-refractivity contribution in [1.29, 1.82) is 0 Å². The Hall–Kier alpha value is -3.20. The molecule has 144 valence electrons. The lowest BCUT2D eigenvalue weighted by atomic mass is 10.2. The molecule has 2 amide bonds. The summed E-state index contributed by atoms with van der Waals surface area (Å²) in [6.45, 7) is 1.94. The number of halogens is 1. The van der Waals surface area contributed by atoms with Gasteiger partial charge in [-0.2, -0.15) is 0 Å². The number of rotatable bonds is 7. The Morgan fingerprint density at radius 2 is 1.86 bits per heavy atom. The maximum atomic E-state index is 12.9. The van der Waals surface area contributed by atoms with Gasteiger partial charge in [-0.15, -0.1) is 10.2 Å². The predicted molar refractivity (Wildman–Crippen MR) is 102 cm³/mol. The van der Waals surface area contributed by atoms with Crippen LogP contribution in [0, 0.1) is 12.7 Å². The molecule has 0 aliphatic carbocycles. The average molecular weight is 400 g/mol. The zero-order valence-electron chi connectivity index (χ0n) is 14.9. The second-order valence-corrected chi connectivity index (χ2v) is 6.73. The van der Waals surface area contributed by atoms with E-state index in [-0.39, 0.29) is 35.2 Å². The van der Waals surface area contributed by atoms with Gasteiger partial charge in [0.1, 0.15) is 5.82 Å². The molecule has 0 spiro atoms. The van der Waals surface area contributed by atoms with E-state index in [1.54, 1.807) is 0 Å². The first-order valence-electron chi connectivity index (χ1n) is 8.35. The van der Waals surface area contributed by atoms with Gasteiger partial charge in [-0.05, 0) is 42.8 Å². The van der Waals surface area contributed by atoms with E-state index in [1.807, 2.05) is 31.2 Å². The predicted octanol–water partition coefficient (Wildman–Crippen LogP) is 3.18. The Morgan fingerprint density at radius 3 is 2.61 bits per heavy atom. The van der Waals surface area contributed by atoms with Crippen LogP contribution >= 0.6 is 11.8 Å². The molecule has 0 aliphatic heterocycles. The standard InChI is InChI=1S/C19H17FN4O3S/c1-12-4-2-3-5-15(12)22-16(25)11-28-19-24-23-17(27-19)10-21-18(26)13-6-8-14(20)9-7-13/h2-9H,10-11H2,1H3,(H,21,26)(H,22,25). The van der Waals surface area contributed by atoms with E-state index in [4.69, 9.17) is 4.42 Å². The van der Waals surface area contributed by atoms with E-state index in [1.165, 1.54) is 24.3 Å². The van der Waals surface area contributed by atoms with Crippen molar-refractivity contribution in [3.8, 4) is 0 Å². The van der Waals surface area contributed by atoms with Crippen LogP contribution in [0.4, 0.5) is 10.1 Å². The van der Waals surface area contributed by atoms with Crippen molar-refractivity contribution in [2.75, 3.05) is 11.1 Å². The highest BCUT2D eigenvalue weighted by atomic mass is 32.2. The van der Waals surface area contributed by atoms with Crippen molar-refractivity contribution in [1.82, 2.24) is 15.5 Å². The number of hydrogen-bond acceptors (Lipinski definition) is 6. The molecule has 0 bridgehead atoms. The summed E-state index contributed by atoms with van der Waals surface area (Å²) in [5, 5.41) is 13.3. The van der Waals surface area contributed by atoms with Gasteiger partial charge in [-0.3, -0.25) is 9.59 Å². The van der Waals surface area contributed by atoms with Gasteiger partial charge in [-0.25, -0.2) is 4.39 Å². The lowest BCUT2D eigenvalue weighted by Gasteiger charge is -2.06. The minimum Gasteiger partial charge on any atom is -0.414 e. The minimum atomic E-state index is -0.415. The molecule has 0 fully saturated rings. The quantitative estimate of drug-likeness (QED) is 0.591. The number of nitrogens with one attached hydrogen (secondary N) is 2. The number of amides is 2. The maximum Gasteiger partial charge on any atom is 0.277 e. The van der Waals surface area contributed by atoms with E-state index < -0.39 is 5.82 Å². The Morgan fingerprint density at radius 1 is 1.11 bits per heavy atom. The summed E-state index contributed by atoms with van der Waals surface area (Å²) in [5.41, 5.74) is 2.05. The third-order valence-corrected chi connectivity index (χ3v) is 4.52. The number of aromatic nitrogens is 2. The summed E-state index contributed by atoms with van der Waals surface area (Å²) in [7, 11) is 0. The van der Waals surface area contributed by atoms with Crippen LogP contribution in [0.5, 0.6) is 0 Å². The molecule has 9 heteroatoms. The molecule has 1 aromatic heterocycles. The van der Waals surface area contributed by atoms with Crippen molar-refractivity contribution >= 4 is 29.3 Å². The number of nitrogens with zero attached hydrogens (tertiary/aromatic N) is 2. The van der Waals surface area contributed by atoms with Gasteiger partial charge in [0, 0.05) is 11.3 Å². The maximum absolute atomic E-state index is 12.9. The first-order valence-corrected chi connectivity index (χ1v) is 9.34. The van der Waals surface area contributed by atoms with Crippen LogP contribution in [0.3, 0.4) is 0 Å². The first-order chi connectivity index (χ1) is 13.5. The molecule has 0 atom stereocenters. The van der Waals surface area contributed by atoms with Gasteiger partial charge in [0.2, 0.25) is 11.8 Å². The summed E-state index contributed by atoms with van der Waals surface area (Å²) in [6.07, 6.45) is 0. The molecule has 0 aliphatic rings. The van der Waals surface area contributed by atoms with Gasteiger partial charge in [0.05, 0.1) is 12.3 Å². The fraction of sp³-hybridized carbons (Fsp3) is 0.158. The number of aryl methyl sites for hydroxylation is 1. The summed E-state index contributed by atoms with van der Waals surface area (Å²) in [5.74, 6) is -0.676. The van der Waals surface area contributed by atoms with Crippen LogP contribution in [0.1, 0.15) is 21.8 Å². The number of anilines is 1. The molecule has 28 heavy (non-hydrogen) atoms. The third kappa shape index (κ3) is 5.40. The van der Waals surface area contributed by atoms with Gasteiger partial charge >= 0.3 is 0 Å². The van der Waals surface area contributed by atoms with Crippen LogP contribution in [-0.4, -0.2) is 27.8 Å². The van der Waals surface area contributed by atoms with E-state index in [2.05, 4.69) is 20.8 Å². The Balaban J connectivity index is 1.46. The Bertz CT molecular complexity index is 975. The average Bonchev–Trinajstić information content (AvgIpc) is 3.15. The van der Waals surface area contributed by atoms with Crippen LogP contribution in [0.25, 0.3) is 0 Å². The normalized spacial score (nSPS) is 10.5. The van der Waals surface area contributed by atoms with Crippen molar-refractivity contribution < 1.29 is 18.4 Å². The molecule has 3 rings (SSSR count). The fourth-order valence-corrected chi connectivity index (χ4v) is 2.83. The van der Waals surface area contributed by atoms with Gasteiger partial charge in [0.25, 0.3) is 11.1 Å². The summed E-state index contributed by atoms with van der Waals surface area (Å²) in [4.78, 5) is 24.0. The number of thioether (sulfide) groups is 1. The smallest absolute Gasteiger partial charge is 0.277 e. The highest BCUT2D eigenvalue weighted by Crippen LogP contribution is 2.18. The highest BCUT2D eigenvalue weighted by molar-refractivity contribution is 7.99. The SMILES string of the molecule is Cc1ccccc1NC(=O)CSc1nnc(CNC(=O)c2ccc(F)cc2)o1.